The van der Waals surface area contributed by atoms with Gasteiger partial charge in [0, 0.05) is 18.1 Å². The summed E-state index contributed by atoms with van der Waals surface area (Å²) in [6.07, 6.45) is 3.44. The summed E-state index contributed by atoms with van der Waals surface area (Å²) in [6.45, 7) is 0.0752. The van der Waals surface area contributed by atoms with Gasteiger partial charge >= 0.3 is 0 Å². The summed E-state index contributed by atoms with van der Waals surface area (Å²) >= 11 is 0. The van der Waals surface area contributed by atoms with Crippen molar-refractivity contribution in [3.05, 3.63) is 39.9 Å². The number of nitro benzene ring substituents is 1. The molecule has 0 aromatic heterocycles. The molecule has 0 aliphatic heterocycles. The highest BCUT2D eigenvalue weighted by Crippen LogP contribution is 2.39. The van der Waals surface area contributed by atoms with Crippen LogP contribution in [0.4, 0.5) is 5.69 Å². The minimum Gasteiger partial charge on any atom is -0.396 e. The first-order valence-electron chi connectivity index (χ1n) is 5.57. The first kappa shape index (κ1) is 11.1. The van der Waals surface area contributed by atoms with Crippen LogP contribution < -0.4 is 0 Å². The number of aliphatic hydroxyl groups is 1. The van der Waals surface area contributed by atoms with Gasteiger partial charge in [0.05, 0.1) is 11.5 Å². The lowest BCUT2D eigenvalue weighted by Gasteiger charge is -2.32. The van der Waals surface area contributed by atoms with Crippen LogP contribution in [0.2, 0.25) is 0 Å². The molecule has 2 rings (SSSR count). The quantitative estimate of drug-likeness (QED) is 0.627. The van der Waals surface area contributed by atoms with E-state index in [0.717, 1.165) is 18.4 Å². The Balaban J connectivity index is 2.23. The Morgan fingerprint density at radius 3 is 2.75 bits per heavy atom. The number of nitro groups is 1. The van der Waals surface area contributed by atoms with Crippen LogP contribution in [-0.2, 0) is 0 Å². The Morgan fingerprint density at radius 1 is 1.50 bits per heavy atom. The number of hydrogen-bond donors (Lipinski definition) is 1. The molecule has 1 aromatic carbocycles. The lowest BCUT2D eigenvalue weighted by molar-refractivity contribution is -0.384. The smallest absolute Gasteiger partial charge is 0.269 e. The molecule has 0 radical (unpaired) electrons. The highest BCUT2D eigenvalue weighted by molar-refractivity contribution is 5.36. The van der Waals surface area contributed by atoms with Gasteiger partial charge in [0.15, 0.2) is 0 Å². The van der Waals surface area contributed by atoms with E-state index in [1.807, 2.05) is 6.07 Å². The lowest BCUT2D eigenvalue weighted by Crippen LogP contribution is -2.23. The van der Waals surface area contributed by atoms with Crippen molar-refractivity contribution in [2.24, 2.45) is 5.92 Å². The van der Waals surface area contributed by atoms with Crippen LogP contribution in [-0.4, -0.2) is 16.6 Å². The van der Waals surface area contributed by atoms with Crippen molar-refractivity contribution >= 4 is 5.69 Å². The van der Waals surface area contributed by atoms with E-state index >= 15 is 0 Å². The van der Waals surface area contributed by atoms with Gasteiger partial charge in [-0.25, -0.2) is 0 Å². The first-order valence-corrected chi connectivity index (χ1v) is 5.57. The summed E-state index contributed by atoms with van der Waals surface area (Å²) in [6, 6.07) is 6.62. The van der Waals surface area contributed by atoms with Gasteiger partial charge in [-0.1, -0.05) is 18.6 Å². The van der Waals surface area contributed by atoms with Crippen LogP contribution in [0.5, 0.6) is 0 Å². The molecule has 0 spiro atoms. The van der Waals surface area contributed by atoms with Crippen molar-refractivity contribution in [3.8, 4) is 0 Å². The van der Waals surface area contributed by atoms with Crippen molar-refractivity contribution in [3.63, 3.8) is 0 Å². The number of nitrogens with zero attached hydrogens (tertiary/aromatic N) is 1. The highest BCUT2D eigenvalue weighted by Gasteiger charge is 2.28. The Kier molecular flexibility index (Phi) is 3.19. The van der Waals surface area contributed by atoms with E-state index < -0.39 is 4.92 Å². The predicted octanol–water partition coefficient (Wildman–Crippen LogP) is 2.47. The Bertz CT molecular complexity index is 388. The molecule has 0 heterocycles. The number of rotatable bonds is 4. The Morgan fingerprint density at radius 2 is 2.25 bits per heavy atom. The van der Waals surface area contributed by atoms with E-state index in [-0.39, 0.29) is 18.2 Å². The van der Waals surface area contributed by atoms with E-state index in [1.165, 1.54) is 12.5 Å². The van der Waals surface area contributed by atoms with Crippen molar-refractivity contribution in [1.29, 1.82) is 0 Å². The molecule has 1 fully saturated rings. The summed E-state index contributed by atoms with van der Waals surface area (Å²) in [5, 5.41) is 20.0. The Labute approximate surface area is 94.1 Å². The van der Waals surface area contributed by atoms with Crippen molar-refractivity contribution < 1.29 is 10.0 Å². The third-order valence-corrected chi connectivity index (χ3v) is 3.42. The van der Waals surface area contributed by atoms with Crippen LogP contribution in [0.15, 0.2) is 24.3 Å². The van der Waals surface area contributed by atoms with Crippen LogP contribution in [0, 0.1) is 16.0 Å². The summed E-state index contributed by atoms with van der Waals surface area (Å²) < 4.78 is 0. The van der Waals surface area contributed by atoms with Gasteiger partial charge < -0.3 is 5.11 Å². The summed E-state index contributed by atoms with van der Waals surface area (Å²) in [4.78, 5) is 10.3. The molecular weight excluding hydrogens is 206 g/mol. The van der Waals surface area contributed by atoms with Gasteiger partial charge in [0.1, 0.15) is 0 Å². The maximum Gasteiger partial charge on any atom is 0.269 e. The molecule has 86 valence electrons. The normalized spacial score (nSPS) is 17.8. The number of hydrogen-bond acceptors (Lipinski definition) is 3. The standard InChI is InChI=1S/C12H15NO3/c14-8-12(9-3-1-4-9)10-5-2-6-11(7-10)13(15)16/h2,5-7,9,12,14H,1,3-4,8H2. The largest absolute Gasteiger partial charge is 0.396 e. The van der Waals surface area contributed by atoms with Gasteiger partial charge in [-0.2, -0.15) is 0 Å². The molecule has 4 heteroatoms. The molecule has 1 aromatic rings. The minimum absolute atomic E-state index is 0.0636. The predicted molar refractivity (Wildman–Crippen MR) is 60.3 cm³/mol. The van der Waals surface area contributed by atoms with Crippen molar-refractivity contribution in [2.75, 3.05) is 6.61 Å². The van der Waals surface area contributed by atoms with Crippen molar-refractivity contribution in [2.45, 2.75) is 25.2 Å². The fourth-order valence-electron chi connectivity index (χ4n) is 2.24. The number of benzene rings is 1. The SMILES string of the molecule is O=[N+]([O-])c1cccc(C(CO)C2CCC2)c1. The molecular formula is C12H15NO3. The fraction of sp³-hybridized carbons (Fsp3) is 0.500. The topological polar surface area (TPSA) is 63.4 Å². The van der Waals surface area contributed by atoms with Crippen LogP contribution in [0.1, 0.15) is 30.7 Å². The average molecular weight is 221 g/mol. The van der Waals surface area contributed by atoms with E-state index in [4.69, 9.17) is 0 Å². The molecule has 1 saturated carbocycles. The van der Waals surface area contributed by atoms with Gasteiger partial charge in [-0.15, -0.1) is 0 Å². The van der Waals surface area contributed by atoms with E-state index in [0.29, 0.717) is 5.92 Å². The van der Waals surface area contributed by atoms with E-state index in [1.54, 1.807) is 12.1 Å². The fourth-order valence-corrected chi connectivity index (χ4v) is 2.24. The van der Waals surface area contributed by atoms with Gasteiger partial charge in [-0.3, -0.25) is 10.1 Å². The third-order valence-electron chi connectivity index (χ3n) is 3.42. The second-order valence-corrected chi connectivity index (χ2v) is 4.33. The molecule has 0 bridgehead atoms. The van der Waals surface area contributed by atoms with Gasteiger partial charge in [0.25, 0.3) is 5.69 Å². The van der Waals surface area contributed by atoms with Gasteiger partial charge in [-0.05, 0) is 24.3 Å². The highest BCUT2D eigenvalue weighted by atomic mass is 16.6. The molecule has 16 heavy (non-hydrogen) atoms. The lowest BCUT2D eigenvalue weighted by atomic mass is 9.73. The second kappa shape index (κ2) is 4.61. The minimum atomic E-state index is -0.390. The van der Waals surface area contributed by atoms with E-state index in [2.05, 4.69) is 0 Å². The zero-order valence-corrected chi connectivity index (χ0v) is 9.00. The molecule has 1 N–H and O–H groups in total. The molecule has 1 atom stereocenters. The van der Waals surface area contributed by atoms with Gasteiger partial charge in [0.2, 0.25) is 0 Å². The summed E-state index contributed by atoms with van der Waals surface area (Å²) in [5.74, 6) is 0.556. The second-order valence-electron chi connectivity index (χ2n) is 4.33. The zero-order valence-electron chi connectivity index (χ0n) is 9.00. The molecule has 1 aliphatic rings. The third kappa shape index (κ3) is 2.07. The molecule has 4 nitrogen and oxygen atoms in total. The summed E-state index contributed by atoms with van der Waals surface area (Å²) in [5.41, 5.74) is 0.997. The maximum atomic E-state index is 10.7. The molecule has 1 unspecified atom stereocenters. The maximum absolute atomic E-state index is 10.7. The Hall–Kier alpha value is -1.42. The zero-order chi connectivity index (χ0) is 11.5. The number of non-ortho nitro benzene ring substituents is 1. The number of aliphatic hydroxyl groups excluding tert-OH is 1. The van der Waals surface area contributed by atoms with E-state index in [9.17, 15) is 15.2 Å². The van der Waals surface area contributed by atoms with Crippen molar-refractivity contribution in [1.82, 2.24) is 0 Å². The summed E-state index contributed by atoms with van der Waals surface area (Å²) in [7, 11) is 0. The molecule has 1 aliphatic carbocycles. The molecule has 0 saturated heterocycles. The first-order chi connectivity index (χ1) is 7.72. The van der Waals surface area contributed by atoms with Crippen LogP contribution in [0.3, 0.4) is 0 Å². The monoisotopic (exact) mass is 221 g/mol. The molecule has 0 amide bonds. The average Bonchev–Trinajstić information content (AvgIpc) is 2.23. The van der Waals surface area contributed by atoms with Crippen LogP contribution >= 0.6 is 0 Å². The van der Waals surface area contributed by atoms with Crippen LogP contribution in [0.25, 0.3) is 0 Å².